The van der Waals surface area contributed by atoms with Crippen molar-refractivity contribution < 1.29 is 14.3 Å². The number of benzene rings is 1. The average molecular weight is 396 g/mol. The minimum Gasteiger partial charge on any atom is -0.493 e. The summed E-state index contributed by atoms with van der Waals surface area (Å²) in [7, 11) is 4.99. The number of fused-ring (bicyclic) bond motifs is 1. The van der Waals surface area contributed by atoms with Gasteiger partial charge in [-0.25, -0.2) is 9.97 Å². The molecule has 1 fully saturated rings. The van der Waals surface area contributed by atoms with E-state index in [4.69, 9.17) is 9.47 Å². The smallest absolute Gasteiger partial charge is 0.269 e. The molecule has 29 heavy (non-hydrogen) atoms. The number of ether oxygens (including phenoxy) is 2. The van der Waals surface area contributed by atoms with E-state index in [1.165, 1.54) is 0 Å². The van der Waals surface area contributed by atoms with Crippen LogP contribution in [0.25, 0.3) is 10.9 Å². The standard InChI is InChI=1S/C20H24N6O3/c1-25-16(4-7-23-25)20(27)24-13-5-8-26(9-6-13)19-14-10-17(28-2)18(29-3)11-15(14)21-12-22-19/h4,7,10-13H,5-6,8-9H2,1-3H3,(H,24,27). The van der Waals surface area contributed by atoms with Gasteiger partial charge >= 0.3 is 0 Å². The number of rotatable bonds is 5. The molecule has 1 N–H and O–H groups in total. The second kappa shape index (κ2) is 7.94. The van der Waals surface area contributed by atoms with E-state index in [9.17, 15) is 4.79 Å². The highest BCUT2D eigenvalue weighted by molar-refractivity contribution is 5.93. The summed E-state index contributed by atoms with van der Waals surface area (Å²) in [5.41, 5.74) is 1.37. The summed E-state index contributed by atoms with van der Waals surface area (Å²) in [6.07, 6.45) is 4.87. The van der Waals surface area contributed by atoms with E-state index in [1.807, 2.05) is 12.1 Å². The van der Waals surface area contributed by atoms with Gasteiger partial charge in [0, 0.05) is 43.8 Å². The van der Waals surface area contributed by atoms with Crippen LogP contribution in [0, 0.1) is 0 Å². The Bertz CT molecular complexity index is 1030. The van der Waals surface area contributed by atoms with Crippen molar-refractivity contribution in [3.8, 4) is 11.5 Å². The van der Waals surface area contributed by atoms with Gasteiger partial charge in [-0.2, -0.15) is 5.10 Å². The molecule has 0 saturated carbocycles. The number of methoxy groups -OCH3 is 2. The van der Waals surface area contributed by atoms with E-state index in [0.717, 1.165) is 42.7 Å². The van der Waals surface area contributed by atoms with Gasteiger partial charge in [-0.3, -0.25) is 9.48 Å². The molecule has 9 nitrogen and oxygen atoms in total. The number of nitrogens with one attached hydrogen (secondary N) is 1. The van der Waals surface area contributed by atoms with Crippen LogP contribution in [0.5, 0.6) is 11.5 Å². The third-order valence-electron chi connectivity index (χ3n) is 5.30. The van der Waals surface area contributed by atoms with Crippen molar-refractivity contribution in [2.24, 2.45) is 7.05 Å². The van der Waals surface area contributed by atoms with Crippen molar-refractivity contribution in [1.29, 1.82) is 0 Å². The van der Waals surface area contributed by atoms with Gasteiger partial charge in [0.25, 0.3) is 5.91 Å². The molecule has 3 aromatic rings. The van der Waals surface area contributed by atoms with Crippen LogP contribution in [0.15, 0.2) is 30.7 Å². The summed E-state index contributed by atoms with van der Waals surface area (Å²) in [6.45, 7) is 1.58. The van der Waals surface area contributed by atoms with E-state index < -0.39 is 0 Å². The molecule has 0 unspecified atom stereocenters. The van der Waals surface area contributed by atoms with Gasteiger partial charge in [0.2, 0.25) is 0 Å². The number of aryl methyl sites for hydroxylation is 1. The van der Waals surface area contributed by atoms with Crippen LogP contribution in [0.3, 0.4) is 0 Å². The monoisotopic (exact) mass is 396 g/mol. The average Bonchev–Trinajstić information content (AvgIpc) is 3.19. The van der Waals surface area contributed by atoms with Crippen molar-refractivity contribution in [2.75, 3.05) is 32.2 Å². The first-order valence-corrected chi connectivity index (χ1v) is 9.51. The molecule has 0 atom stereocenters. The minimum absolute atomic E-state index is 0.0900. The van der Waals surface area contributed by atoms with Gasteiger partial charge < -0.3 is 19.7 Å². The third-order valence-corrected chi connectivity index (χ3v) is 5.30. The Kier molecular flexibility index (Phi) is 5.20. The van der Waals surface area contributed by atoms with E-state index >= 15 is 0 Å². The van der Waals surface area contributed by atoms with E-state index in [1.54, 1.807) is 44.5 Å². The predicted octanol–water partition coefficient (Wildman–Crippen LogP) is 1.78. The number of nitrogens with zero attached hydrogens (tertiary/aromatic N) is 5. The van der Waals surface area contributed by atoms with E-state index in [0.29, 0.717) is 17.2 Å². The summed E-state index contributed by atoms with van der Waals surface area (Å²) in [5, 5.41) is 8.08. The van der Waals surface area contributed by atoms with Crippen LogP contribution < -0.4 is 19.7 Å². The highest BCUT2D eigenvalue weighted by atomic mass is 16.5. The van der Waals surface area contributed by atoms with Crippen LogP contribution in [-0.4, -0.2) is 59.0 Å². The van der Waals surface area contributed by atoms with E-state index in [2.05, 4.69) is 25.3 Å². The Labute approximate surface area is 168 Å². The molecule has 3 heterocycles. The molecule has 0 aliphatic carbocycles. The molecule has 0 bridgehead atoms. The molecule has 9 heteroatoms. The number of carbonyl (C=O) groups is 1. The number of hydrogen-bond acceptors (Lipinski definition) is 7. The SMILES string of the molecule is COc1cc2ncnc(N3CCC(NC(=O)c4ccnn4C)CC3)c2cc1OC. The molecule has 2 aromatic heterocycles. The summed E-state index contributed by atoms with van der Waals surface area (Å²) >= 11 is 0. The molecular weight excluding hydrogens is 372 g/mol. The number of hydrogen-bond donors (Lipinski definition) is 1. The molecule has 1 saturated heterocycles. The van der Waals surface area contributed by atoms with Crippen molar-refractivity contribution in [3.05, 3.63) is 36.4 Å². The third kappa shape index (κ3) is 3.67. The summed E-state index contributed by atoms with van der Waals surface area (Å²) in [5.74, 6) is 2.07. The van der Waals surface area contributed by atoms with Crippen molar-refractivity contribution in [3.63, 3.8) is 0 Å². The number of aromatic nitrogens is 4. The molecule has 152 valence electrons. The highest BCUT2D eigenvalue weighted by Gasteiger charge is 2.24. The largest absolute Gasteiger partial charge is 0.493 e. The Hall–Kier alpha value is -3.36. The molecule has 1 aliphatic rings. The van der Waals surface area contributed by atoms with Crippen molar-refractivity contribution >= 4 is 22.6 Å². The normalized spacial score (nSPS) is 14.8. The summed E-state index contributed by atoms with van der Waals surface area (Å²) in [4.78, 5) is 23.5. The van der Waals surface area contributed by atoms with Crippen LogP contribution in [0.4, 0.5) is 5.82 Å². The molecule has 1 aromatic carbocycles. The maximum atomic E-state index is 12.4. The van der Waals surface area contributed by atoms with Gasteiger partial charge in [-0.15, -0.1) is 0 Å². The summed E-state index contributed by atoms with van der Waals surface area (Å²) in [6, 6.07) is 5.62. The molecule has 1 aliphatic heterocycles. The maximum absolute atomic E-state index is 12.4. The first-order chi connectivity index (χ1) is 14.1. The fourth-order valence-electron chi connectivity index (χ4n) is 3.71. The lowest BCUT2D eigenvalue weighted by molar-refractivity contribution is 0.0921. The molecule has 0 radical (unpaired) electrons. The van der Waals surface area contributed by atoms with Crippen LogP contribution >= 0.6 is 0 Å². The fraction of sp³-hybridized carbons (Fsp3) is 0.400. The highest BCUT2D eigenvalue weighted by Crippen LogP contribution is 2.35. The first kappa shape index (κ1) is 19.0. The van der Waals surface area contributed by atoms with Gasteiger partial charge in [0.05, 0.1) is 19.7 Å². The van der Waals surface area contributed by atoms with Gasteiger partial charge in [0.15, 0.2) is 11.5 Å². The molecular formula is C20H24N6O3. The fourth-order valence-corrected chi connectivity index (χ4v) is 3.71. The Morgan fingerprint density at radius 3 is 2.52 bits per heavy atom. The maximum Gasteiger partial charge on any atom is 0.269 e. The Balaban J connectivity index is 1.49. The van der Waals surface area contributed by atoms with Gasteiger partial charge in [0.1, 0.15) is 17.8 Å². The van der Waals surface area contributed by atoms with Gasteiger partial charge in [-0.05, 0) is 25.0 Å². The number of carbonyl (C=O) groups excluding carboxylic acids is 1. The first-order valence-electron chi connectivity index (χ1n) is 9.51. The predicted molar refractivity (Wildman–Crippen MR) is 109 cm³/mol. The zero-order valence-corrected chi connectivity index (χ0v) is 16.8. The Morgan fingerprint density at radius 1 is 1.14 bits per heavy atom. The van der Waals surface area contributed by atoms with Crippen molar-refractivity contribution in [1.82, 2.24) is 25.1 Å². The summed E-state index contributed by atoms with van der Waals surface area (Å²) < 4.78 is 12.4. The Morgan fingerprint density at radius 2 is 1.86 bits per heavy atom. The number of amides is 1. The topological polar surface area (TPSA) is 94.4 Å². The zero-order chi connectivity index (χ0) is 20.4. The van der Waals surface area contributed by atoms with Crippen LogP contribution in [0.1, 0.15) is 23.3 Å². The number of piperidine rings is 1. The number of anilines is 1. The van der Waals surface area contributed by atoms with E-state index in [-0.39, 0.29) is 11.9 Å². The second-order valence-corrected chi connectivity index (χ2v) is 7.00. The lowest BCUT2D eigenvalue weighted by atomic mass is 10.0. The molecule has 1 amide bonds. The molecule has 4 rings (SSSR count). The van der Waals surface area contributed by atoms with Crippen molar-refractivity contribution in [2.45, 2.75) is 18.9 Å². The quantitative estimate of drug-likeness (QED) is 0.702. The lowest BCUT2D eigenvalue weighted by Gasteiger charge is -2.33. The lowest BCUT2D eigenvalue weighted by Crippen LogP contribution is -2.45. The van der Waals surface area contributed by atoms with Gasteiger partial charge in [-0.1, -0.05) is 0 Å². The van der Waals surface area contributed by atoms with Crippen LogP contribution in [0.2, 0.25) is 0 Å². The second-order valence-electron chi connectivity index (χ2n) is 7.00. The van der Waals surface area contributed by atoms with Crippen LogP contribution in [-0.2, 0) is 7.05 Å². The zero-order valence-electron chi connectivity index (χ0n) is 16.8. The minimum atomic E-state index is -0.0900. The molecule has 0 spiro atoms.